The van der Waals surface area contributed by atoms with Gasteiger partial charge >= 0.3 is 6.09 Å². The third kappa shape index (κ3) is 1.40. The van der Waals surface area contributed by atoms with Crippen LogP contribution in [0.15, 0.2) is 12.1 Å². The summed E-state index contributed by atoms with van der Waals surface area (Å²) in [6.45, 7) is 0.398. The number of rotatable bonds is 1. The number of carbonyl (C=O) groups is 1. The van der Waals surface area contributed by atoms with Gasteiger partial charge in [0, 0.05) is 4.88 Å². The van der Waals surface area contributed by atoms with Crippen LogP contribution in [-0.2, 0) is 4.74 Å². The first-order chi connectivity index (χ1) is 5.75. The second-order valence-electron chi connectivity index (χ2n) is 2.44. The average molecular weight is 204 g/mol. The highest BCUT2D eigenvalue weighted by Gasteiger charge is 2.24. The number of cyclic esters (lactones) is 1. The molecule has 1 aromatic rings. The molecule has 1 saturated heterocycles. The van der Waals surface area contributed by atoms with E-state index in [2.05, 4.69) is 5.32 Å². The Morgan fingerprint density at radius 1 is 1.67 bits per heavy atom. The Morgan fingerprint density at radius 3 is 3.00 bits per heavy atom. The summed E-state index contributed by atoms with van der Waals surface area (Å²) in [5.41, 5.74) is 0. The van der Waals surface area contributed by atoms with Gasteiger partial charge in [-0.3, -0.25) is 0 Å². The molecule has 0 spiro atoms. The zero-order valence-corrected chi connectivity index (χ0v) is 7.61. The van der Waals surface area contributed by atoms with Crippen molar-refractivity contribution < 1.29 is 9.53 Å². The van der Waals surface area contributed by atoms with Gasteiger partial charge in [-0.15, -0.1) is 11.3 Å². The number of ether oxygens (including phenoxy) is 1. The van der Waals surface area contributed by atoms with Gasteiger partial charge in [0.2, 0.25) is 0 Å². The molecule has 2 rings (SSSR count). The maximum atomic E-state index is 10.7. The molecule has 12 heavy (non-hydrogen) atoms. The van der Waals surface area contributed by atoms with Crippen molar-refractivity contribution in [1.82, 2.24) is 5.32 Å². The first-order valence-corrected chi connectivity index (χ1v) is 4.63. The van der Waals surface area contributed by atoms with Crippen molar-refractivity contribution in [1.29, 1.82) is 0 Å². The van der Waals surface area contributed by atoms with Crippen LogP contribution < -0.4 is 5.32 Å². The second-order valence-corrected chi connectivity index (χ2v) is 4.18. The summed E-state index contributed by atoms with van der Waals surface area (Å²) in [6, 6.07) is 3.69. The van der Waals surface area contributed by atoms with E-state index in [0.717, 1.165) is 9.21 Å². The number of carbonyl (C=O) groups excluding carboxylic acids is 1. The summed E-state index contributed by atoms with van der Waals surface area (Å²) in [5, 5.41) is 2.67. The molecule has 1 N–H and O–H groups in total. The van der Waals surface area contributed by atoms with Gasteiger partial charge < -0.3 is 10.1 Å². The molecule has 3 nitrogen and oxygen atoms in total. The fraction of sp³-hybridized carbons (Fsp3) is 0.286. The van der Waals surface area contributed by atoms with E-state index in [9.17, 15) is 4.79 Å². The number of nitrogens with one attached hydrogen (secondary N) is 1. The number of amides is 1. The van der Waals surface area contributed by atoms with Crippen molar-refractivity contribution >= 4 is 29.0 Å². The molecule has 0 aromatic carbocycles. The minimum absolute atomic E-state index is 0.0185. The minimum Gasteiger partial charge on any atom is -0.447 e. The third-order valence-electron chi connectivity index (χ3n) is 1.61. The summed E-state index contributed by atoms with van der Waals surface area (Å²) >= 11 is 7.20. The second kappa shape index (κ2) is 2.95. The lowest BCUT2D eigenvalue weighted by atomic mass is 10.3. The molecule has 1 atom stereocenters. The maximum Gasteiger partial charge on any atom is 0.407 e. The van der Waals surface area contributed by atoms with Gasteiger partial charge in [-0.1, -0.05) is 11.6 Å². The summed E-state index contributed by atoms with van der Waals surface area (Å²) in [6.07, 6.45) is -0.357. The lowest BCUT2D eigenvalue weighted by Gasteiger charge is -2.01. The number of thiophene rings is 1. The number of halogens is 1. The van der Waals surface area contributed by atoms with Crippen LogP contribution in [0.2, 0.25) is 4.34 Å². The average Bonchev–Trinajstić information content (AvgIpc) is 2.58. The van der Waals surface area contributed by atoms with Gasteiger partial charge in [0.15, 0.2) is 0 Å². The summed E-state index contributed by atoms with van der Waals surface area (Å²) in [5.74, 6) is 0. The third-order valence-corrected chi connectivity index (χ3v) is 2.96. The Morgan fingerprint density at radius 2 is 2.50 bits per heavy atom. The van der Waals surface area contributed by atoms with Crippen molar-refractivity contribution in [3.8, 4) is 0 Å². The highest BCUT2D eigenvalue weighted by Crippen LogP contribution is 2.28. The van der Waals surface area contributed by atoms with E-state index in [-0.39, 0.29) is 12.1 Å². The van der Waals surface area contributed by atoms with Gasteiger partial charge in [0.05, 0.1) is 4.34 Å². The molecular formula is C7H6ClNO2S. The Balaban J connectivity index is 2.15. The largest absolute Gasteiger partial charge is 0.447 e. The zero-order valence-electron chi connectivity index (χ0n) is 6.04. The quantitative estimate of drug-likeness (QED) is 0.760. The molecule has 0 aliphatic carbocycles. The highest BCUT2D eigenvalue weighted by atomic mass is 35.5. The van der Waals surface area contributed by atoms with Crippen LogP contribution in [0.4, 0.5) is 4.79 Å². The molecule has 0 radical (unpaired) electrons. The van der Waals surface area contributed by atoms with Crippen molar-refractivity contribution in [2.24, 2.45) is 0 Å². The van der Waals surface area contributed by atoms with Crippen molar-refractivity contribution in [3.05, 3.63) is 21.3 Å². The number of hydrogen-bond acceptors (Lipinski definition) is 3. The number of alkyl carbamates (subject to hydrolysis) is 1. The van der Waals surface area contributed by atoms with Gasteiger partial charge in [0.25, 0.3) is 0 Å². The molecule has 1 aliphatic rings. The lowest BCUT2D eigenvalue weighted by Crippen LogP contribution is -2.17. The first kappa shape index (κ1) is 7.89. The van der Waals surface area contributed by atoms with Crippen LogP contribution in [-0.4, -0.2) is 12.7 Å². The zero-order chi connectivity index (χ0) is 8.55. The van der Waals surface area contributed by atoms with Crippen LogP contribution >= 0.6 is 22.9 Å². The van der Waals surface area contributed by atoms with Crippen molar-refractivity contribution in [2.45, 2.75) is 6.04 Å². The molecule has 1 aromatic heterocycles. The monoisotopic (exact) mass is 203 g/mol. The number of hydrogen-bond donors (Lipinski definition) is 1. The molecule has 64 valence electrons. The van der Waals surface area contributed by atoms with E-state index < -0.39 is 0 Å². The molecule has 5 heteroatoms. The van der Waals surface area contributed by atoms with E-state index in [1.54, 1.807) is 0 Å². The van der Waals surface area contributed by atoms with E-state index in [4.69, 9.17) is 16.3 Å². The molecule has 1 amide bonds. The van der Waals surface area contributed by atoms with Crippen LogP contribution in [0.25, 0.3) is 0 Å². The molecule has 0 saturated carbocycles. The Labute approximate surface area is 78.3 Å². The molecular weight excluding hydrogens is 198 g/mol. The fourth-order valence-electron chi connectivity index (χ4n) is 1.05. The van der Waals surface area contributed by atoms with Crippen LogP contribution in [0.1, 0.15) is 10.9 Å². The lowest BCUT2D eigenvalue weighted by molar-refractivity contribution is 0.177. The summed E-state index contributed by atoms with van der Waals surface area (Å²) in [4.78, 5) is 11.7. The van der Waals surface area contributed by atoms with Gasteiger partial charge in [-0.05, 0) is 12.1 Å². The molecule has 1 fully saturated rings. The normalized spacial score (nSPS) is 22.1. The predicted molar refractivity (Wildman–Crippen MR) is 46.6 cm³/mol. The summed E-state index contributed by atoms with van der Waals surface area (Å²) < 4.78 is 5.47. The molecule has 1 aliphatic heterocycles. The Bertz CT molecular complexity index is 312. The molecule has 0 unspecified atom stereocenters. The Hall–Kier alpha value is -0.740. The van der Waals surface area contributed by atoms with Crippen molar-refractivity contribution in [2.75, 3.05) is 6.61 Å². The standard InChI is InChI=1S/C7H6ClNO2S/c8-6-2-1-5(12-6)4-3-11-7(10)9-4/h1-2,4H,3H2,(H,9,10)/t4-/m0/s1. The van der Waals surface area contributed by atoms with Gasteiger partial charge in [-0.25, -0.2) is 4.79 Å². The van der Waals surface area contributed by atoms with Crippen molar-refractivity contribution in [3.63, 3.8) is 0 Å². The minimum atomic E-state index is -0.357. The topological polar surface area (TPSA) is 38.3 Å². The highest BCUT2D eigenvalue weighted by molar-refractivity contribution is 7.16. The van der Waals surface area contributed by atoms with Crippen LogP contribution in [0.3, 0.4) is 0 Å². The van der Waals surface area contributed by atoms with Crippen LogP contribution in [0, 0.1) is 0 Å². The van der Waals surface area contributed by atoms with Gasteiger partial charge in [-0.2, -0.15) is 0 Å². The smallest absolute Gasteiger partial charge is 0.407 e. The SMILES string of the molecule is O=C1N[C@H](c2ccc(Cl)s2)CO1. The fourth-order valence-corrected chi connectivity index (χ4v) is 2.15. The van der Waals surface area contributed by atoms with E-state index in [1.165, 1.54) is 11.3 Å². The summed E-state index contributed by atoms with van der Waals surface area (Å²) in [7, 11) is 0. The van der Waals surface area contributed by atoms with E-state index in [0.29, 0.717) is 6.61 Å². The van der Waals surface area contributed by atoms with E-state index in [1.807, 2.05) is 12.1 Å². The maximum absolute atomic E-state index is 10.7. The van der Waals surface area contributed by atoms with Gasteiger partial charge in [0.1, 0.15) is 12.6 Å². The predicted octanol–water partition coefficient (Wildman–Crippen LogP) is 2.18. The van der Waals surface area contributed by atoms with Crippen LogP contribution in [0.5, 0.6) is 0 Å². The molecule has 2 heterocycles. The molecule has 0 bridgehead atoms. The first-order valence-electron chi connectivity index (χ1n) is 3.44. The van der Waals surface area contributed by atoms with E-state index >= 15 is 0 Å². The Kier molecular flexibility index (Phi) is 1.94.